The van der Waals surface area contributed by atoms with Crippen molar-refractivity contribution in [1.82, 2.24) is 0 Å². The predicted molar refractivity (Wildman–Crippen MR) is 128 cm³/mol. The first-order valence-electron chi connectivity index (χ1n) is 10.4. The van der Waals surface area contributed by atoms with Crippen LogP contribution in [-0.4, -0.2) is 33.9 Å². The van der Waals surface area contributed by atoms with Gasteiger partial charge >= 0.3 is 5.97 Å². The Hall–Kier alpha value is -3.65. The van der Waals surface area contributed by atoms with Crippen molar-refractivity contribution < 1.29 is 22.7 Å². The maximum Gasteiger partial charge on any atom is 0.338 e. The van der Waals surface area contributed by atoms with Crippen molar-refractivity contribution >= 4 is 33.3 Å². The third kappa shape index (κ3) is 5.40. The summed E-state index contributed by atoms with van der Waals surface area (Å²) in [5, 5.41) is 2.81. The molecule has 0 aliphatic heterocycles. The van der Waals surface area contributed by atoms with Gasteiger partial charge in [-0.05, 0) is 80.9 Å². The summed E-state index contributed by atoms with van der Waals surface area (Å²) in [7, 11) is -2.25. The first-order valence-corrected chi connectivity index (χ1v) is 11.8. The lowest BCUT2D eigenvalue weighted by atomic mass is 10.1. The lowest BCUT2D eigenvalue weighted by molar-refractivity contribution is 0.0526. The van der Waals surface area contributed by atoms with Crippen molar-refractivity contribution in [3.05, 3.63) is 89.0 Å². The smallest absolute Gasteiger partial charge is 0.338 e. The van der Waals surface area contributed by atoms with Crippen LogP contribution in [0.4, 0.5) is 11.4 Å². The SMILES string of the molecule is CCOC(=O)c1ccc(NC(=O)c2ccc(N(C)S(=O)(=O)c3ccc(C)cc3)cc2)c(C)c1. The lowest BCUT2D eigenvalue weighted by Gasteiger charge is -2.20. The number of benzene rings is 3. The summed E-state index contributed by atoms with van der Waals surface area (Å²) in [6, 6.07) is 17.8. The van der Waals surface area contributed by atoms with Crippen LogP contribution >= 0.6 is 0 Å². The van der Waals surface area contributed by atoms with Gasteiger partial charge in [-0.25, -0.2) is 13.2 Å². The van der Waals surface area contributed by atoms with Crippen molar-refractivity contribution in [3.63, 3.8) is 0 Å². The van der Waals surface area contributed by atoms with Gasteiger partial charge < -0.3 is 10.1 Å². The summed E-state index contributed by atoms with van der Waals surface area (Å²) < 4.78 is 31.9. The second-order valence-corrected chi connectivity index (χ2v) is 9.51. The Bertz CT molecular complexity index is 1270. The number of esters is 1. The number of carbonyl (C=O) groups is 2. The van der Waals surface area contributed by atoms with E-state index in [0.717, 1.165) is 11.1 Å². The maximum absolute atomic E-state index is 12.9. The molecule has 3 aromatic rings. The van der Waals surface area contributed by atoms with Crippen LogP contribution < -0.4 is 9.62 Å². The van der Waals surface area contributed by atoms with E-state index in [4.69, 9.17) is 4.74 Å². The van der Waals surface area contributed by atoms with Gasteiger partial charge in [-0.15, -0.1) is 0 Å². The molecular formula is C25H26N2O5S. The van der Waals surface area contributed by atoms with E-state index in [-0.39, 0.29) is 17.4 Å². The lowest BCUT2D eigenvalue weighted by Crippen LogP contribution is -2.26. The molecule has 0 aliphatic carbocycles. The standard InChI is InChI=1S/C25H26N2O5S/c1-5-32-25(29)20-10-15-23(18(3)16-20)26-24(28)19-8-11-21(12-9-19)27(4)33(30,31)22-13-6-17(2)7-14-22/h6-16H,5H2,1-4H3,(H,26,28). The maximum atomic E-state index is 12.9. The summed E-state index contributed by atoms with van der Waals surface area (Å²) in [4.78, 5) is 24.7. The van der Waals surface area contributed by atoms with Crippen LogP contribution in [0.15, 0.2) is 71.6 Å². The summed E-state index contributed by atoms with van der Waals surface area (Å²) in [6.45, 7) is 5.70. The predicted octanol–water partition coefficient (Wildman–Crippen LogP) is 4.56. The second kappa shape index (κ2) is 9.87. The zero-order chi connectivity index (χ0) is 24.2. The van der Waals surface area contributed by atoms with Gasteiger partial charge in [0.05, 0.1) is 22.8 Å². The summed E-state index contributed by atoms with van der Waals surface area (Å²) in [5.74, 6) is -0.767. The van der Waals surface area contributed by atoms with E-state index in [1.54, 1.807) is 80.6 Å². The number of rotatable bonds is 7. The minimum absolute atomic E-state index is 0.194. The van der Waals surface area contributed by atoms with E-state index < -0.39 is 16.0 Å². The van der Waals surface area contributed by atoms with E-state index >= 15 is 0 Å². The Balaban J connectivity index is 1.74. The molecule has 1 N–H and O–H groups in total. The molecule has 7 nitrogen and oxygen atoms in total. The number of sulfonamides is 1. The van der Waals surface area contributed by atoms with Crippen LogP contribution in [0.1, 0.15) is 38.8 Å². The molecule has 172 valence electrons. The second-order valence-electron chi connectivity index (χ2n) is 7.54. The van der Waals surface area contributed by atoms with Gasteiger partial charge in [-0.2, -0.15) is 0 Å². The van der Waals surface area contributed by atoms with Crippen molar-refractivity contribution in [3.8, 4) is 0 Å². The molecule has 0 aliphatic rings. The van der Waals surface area contributed by atoms with Crippen LogP contribution in [0.2, 0.25) is 0 Å². The molecule has 0 saturated carbocycles. The summed E-state index contributed by atoms with van der Waals surface area (Å²) in [6.07, 6.45) is 0. The molecule has 0 fully saturated rings. The number of amides is 1. The summed E-state index contributed by atoms with van der Waals surface area (Å²) in [5.41, 5.74) is 3.47. The van der Waals surface area contributed by atoms with E-state index in [9.17, 15) is 18.0 Å². The Morgan fingerprint density at radius 2 is 1.52 bits per heavy atom. The number of ether oxygens (including phenoxy) is 1. The Morgan fingerprint density at radius 1 is 0.909 bits per heavy atom. The van der Waals surface area contributed by atoms with Gasteiger partial charge in [-0.3, -0.25) is 9.10 Å². The number of hydrogen-bond donors (Lipinski definition) is 1. The average molecular weight is 467 g/mol. The van der Waals surface area contributed by atoms with Crippen molar-refractivity contribution in [2.24, 2.45) is 0 Å². The molecular weight excluding hydrogens is 440 g/mol. The molecule has 0 heterocycles. The molecule has 0 spiro atoms. The highest BCUT2D eigenvalue weighted by atomic mass is 32.2. The third-order valence-corrected chi connectivity index (χ3v) is 6.96. The van der Waals surface area contributed by atoms with Gasteiger partial charge in [0.25, 0.3) is 15.9 Å². The van der Waals surface area contributed by atoms with Gasteiger partial charge in [0, 0.05) is 18.3 Å². The van der Waals surface area contributed by atoms with E-state index in [2.05, 4.69) is 5.32 Å². The minimum Gasteiger partial charge on any atom is -0.462 e. The van der Waals surface area contributed by atoms with Gasteiger partial charge in [-0.1, -0.05) is 17.7 Å². The number of nitrogens with one attached hydrogen (secondary N) is 1. The number of anilines is 2. The summed E-state index contributed by atoms with van der Waals surface area (Å²) >= 11 is 0. The highest BCUT2D eigenvalue weighted by molar-refractivity contribution is 7.92. The van der Waals surface area contributed by atoms with E-state index in [1.807, 2.05) is 6.92 Å². The molecule has 0 atom stereocenters. The highest BCUT2D eigenvalue weighted by Crippen LogP contribution is 2.24. The number of aryl methyl sites for hydroxylation is 2. The van der Waals surface area contributed by atoms with Crippen LogP contribution in [0.5, 0.6) is 0 Å². The topological polar surface area (TPSA) is 92.8 Å². The molecule has 33 heavy (non-hydrogen) atoms. The molecule has 0 aromatic heterocycles. The van der Waals surface area contributed by atoms with Gasteiger partial charge in [0.15, 0.2) is 0 Å². The molecule has 0 radical (unpaired) electrons. The number of nitrogens with zero attached hydrogens (tertiary/aromatic N) is 1. The molecule has 0 bridgehead atoms. The van der Waals surface area contributed by atoms with Gasteiger partial charge in [0.1, 0.15) is 0 Å². The molecule has 3 rings (SSSR count). The number of carbonyl (C=O) groups excluding carboxylic acids is 2. The quantitative estimate of drug-likeness (QED) is 0.516. The molecule has 0 unspecified atom stereocenters. The first kappa shape index (κ1) is 24.0. The van der Waals surface area contributed by atoms with Crippen molar-refractivity contribution in [2.75, 3.05) is 23.3 Å². The highest BCUT2D eigenvalue weighted by Gasteiger charge is 2.21. The van der Waals surface area contributed by atoms with E-state index in [0.29, 0.717) is 22.5 Å². The Labute approximate surface area is 194 Å². The van der Waals surface area contributed by atoms with Crippen LogP contribution in [0.3, 0.4) is 0 Å². The first-order chi connectivity index (χ1) is 15.6. The Kier molecular flexibility index (Phi) is 7.18. The average Bonchev–Trinajstić information content (AvgIpc) is 2.80. The fraction of sp³-hybridized carbons (Fsp3) is 0.200. The zero-order valence-electron chi connectivity index (χ0n) is 19.0. The molecule has 3 aromatic carbocycles. The fourth-order valence-corrected chi connectivity index (χ4v) is 4.37. The van der Waals surface area contributed by atoms with Crippen LogP contribution in [0.25, 0.3) is 0 Å². The number of hydrogen-bond acceptors (Lipinski definition) is 5. The molecule has 1 amide bonds. The largest absolute Gasteiger partial charge is 0.462 e. The molecule has 8 heteroatoms. The van der Waals surface area contributed by atoms with Crippen LogP contribution in [0, 0.1) is 13.8 Å². The third-order valence-electron chi connectivity index (χ3n) is 5.16. The normalized spacial score (nSPS) is 11.0. The minimum atomic E-state index is -3.72. The van der Waals surface area contributed by atoms with Crippen LogP contribution in [-0.2, 0) is 14.8 Å². The molecule has 0 saturated heterocycles. The Morgan fingerprint density at radius 3 is 2.09 bits per heavy atom. The fourth-order valence-electron chi connectivity index (χ4n) is 3.17. The zero-order valence-corrected chi connectivity index (χ0v) is 19.8. The van der Waals surface area contributed by atoms with Gasteiger partial charge in [0.2, 0.25) is 0 Å². The monoisotopic (exact) mass is 466 g/mol. The van der Waals surface area contributed by atoms with E-state index in [1.165, 1.54) is 11.4 Å². The van der Waals surface area contributed by atoms with Crippen molar-refractivity contribution in [1.29, 1.82) is 0 Å². The van der Waals surface area contributed by atoms with Crippen molar-refractivity contribution in [2.45, 2.75) is 25.7 Å².